The molecule has 0 unspecified atom stereocenters. The predicted octanol–water partition coefficient (Wildman–Crippen LogP) is -3.33. The third-order valence-corrected chi connectivity index (χ3v) is 1.18. The molecule has 7 heteroatoms. The van der Waals surface area contributed by atoms with Crippen LogP contribution in [0.5, 0.6) is 0 Å². The van der Waals surface area contributed by atoms with E-state index in [4.69, 9.17) is 9.90 Å². The SMILES string of the molecule is C=C(C)C(=O)NC(C)C.C=CC(=O)[O-].C=CC(N)=O.[Na+]. The Hall–Kier alpha value is -1.37. The first kappa shape index (κ1) is 27.1. The van der Waals surface area contributed by atoms with Gasteiger partial charge in [-0.1, -0.05) is 19.7 Å². The van der Waals surface area contributed by atoms with Gasteiger partial charge < -0.3 is 21.0 Å². The topological polar surface area (TPSA) is 112 Å². The summed E-state index contributed by atoms with van der Waals surface area (Å²) < 4.78 is 0. The summed E-state index contributed by atoms with van der Waals surface area (Å²) in [6.07, 6.45) is 1.78. The Balaban J connectivity index is -0.000000101. The summed E-state index contributed by atoms with van der Waals surface area (Å²) in [5.41, 5.74) is 5.09. The fourth-order valence-electron chi connectivity index (χ4n) is 0.385. The summed E-state index contributed by atoms with van der Waals surface area (Å²) in [4.78, 5) is 29.4. The Morgan fingerprint density at radius 3 is 1.55 bits per heavy atom. The molecular weight excluding hydrogens is 271 g/mol. The van der Waals surface area contributed by atoms with Crippen LogP contribution in [0.1, 0.15) is 20.8 Å². The van der Waals surface area contributed by atoms with Crippen LogP contribution in [0.2, 0.25) is 0 Å². The molecule has 0 aromatic rings. The standard InChI is InChI=1S/C7H13NO.C3H5NO.C3H4O2.Na/c1-5(2)7(9)8-6(3)4;2*1-2-3(4)5;/h6H,1H2,2-4H3,(H,8,9);2H,1H2,(H2,4,5);2H,1H2,(H,4,5);/q;;;+1/p-1. The first-order chi connectivity index (χ1) is 8.58. The van der Waals surface area contributed by atoms with E-state index >= 15 is 0 Å². The molecule has 0 heterocycles. The van der Waals surface area contributed by atoms with Crippen LogP contribution in [0.25, 0.3) is 0 Å². The average molecular weight is 292 g/mol. The van der Waals surface area contributed by atoms with Gasteiger partial charge in [0.15, 0.2) is 0 Å². The molecule has 2 amide bonds. The van der Waals surface area contributed by atoms with Crippen LogP contribution in [-0.4, -0.2) is 23.8 Å². The zero-order valence-electron chi connectivity index (χ0n) is 12.6. The van der Waals surface area contributed by atoms with Crippen LogP contribution in [0.15, 0.2) is 37.5 Å². The largest absolute Gasteiger partial charge is 1.00 e. The molecule has 0 fully saturated rings. The first-order valence-corrected chi connectivity index (χ1v) is 5.30. The molecule has 0 aromatic carbocycles. The quantitative estimate of drug-likeness (QED) is 0.417. The summed E-state index contributed by atoms with van der Waals surface area (Å²) in [6.45, 7) is 15.0. The van der Waals surface area contributed by atoms with Crippen molar-refractivity contribution in [3.05, 3.63) is 37.5 Å². The molecule has 6 nitrogen and oxygen atoms in total. The van der Waals surface area contributed by atoms with Crippen LogP contribution in [0.4, 0.5) is 0 Å². The van der Waals surface area contributed by atoms with Gasteiger partial charge in [0.05, 0.1) is 5.97 Å². The van der Waals surface area contributed by atoms with Crippen molar-refractivity contribution in [3.8, 4) is 0 Å². The number of carboxylic acids is 1. The van der Waals surface area contributed by atoms with E-state index in [-0.39, 0.29) is 41.5 Å². The predicted molar refractivity (Wildman–Crippen MR) is 72.7 cm³/mol. The molecule has 0 aliphatic heterocycles. The second kappa shape index (κ2) is 17.6. The third-order valence-electron chi connectivity index (χ3n) is 1.18. The van der Waals surface area contributed by atoms with Crippen molar-refractivity contribution in [1.82, 2.24) is 5.32 Å². The van der Waals surface area contributed by atoms with Gasteiger partial charge in [-0.2, -0.15) is 0 Å². The molecule has 108 valence electrons. The number of carbonyl (C=O) groups is 3. The summed E-state index contributed by atoms with van der Waals surface area (Å²) in [5, 5.41) is 11.8. The van der Waals surface area contributed by atoms with Crippen LogP contribution >= 0.6 is 0 Å². The molecular formula is C13H21N2NaO4. The maximum absolute atomic E-state index is 10.7. The van der Waals surface area contributed by atoms with Gasteiger partial charge in [0.1, 0.15) is 0 Å². The van der Waals surface area contributed by atoms with Crippen molar-refractivity contribution in [2.75, 3.05) is 0 Å². The van der Waals surface area contributed by atoms with E-state index in [1.807, 2.05) is 13.8 Å². The number of rotatable bonds is 4. The van der Waals surface area contributed by atoms with E-state index in [2.05, 4.69) is 30.8 Å². The van der Waals surface area contributed by atoms with Gasteiger partial charge in [0.2, 0.25) is 11.8 Å². The number of primary amides is 1. The number of nitrogens with two attached hydrogens (primary N) is 1. The number of aliphatic carboxylic acids is 1. The van der Waals surface area contributed by atoms with Crippen molar-refractivity contribution < 1.29 is 49.0 Å². The van der Waals surface area contributed by atoms with Gasteiger partial charge in [-0.3, -0.25) is 9.59 Å². The zero-order valence-corrected chi connectivity index (χ0v) is 14.6. The summed E-state index contributed by atoms with van der Waals surface area (Å²) in [5.74, 6) is -1.78. The van der Waals surface area contributed by atoms with Gasteiger partial charge in [-0.05, 0) is 32.9 Å². The van der Waals surface area contributed by atoms with Crippen LogP contribution in [-0.2, 0) is 14.4 Å². The Morgan fingerprint density at radius 2 is 1.50 bits per heavy atom. The van der Waals surface area contributed by atoms with Gasteiger partial charge in [0.25, 0.3) is 0 Å². The Morgan fingerprint density at radius 1 is 1.20 bits per heavy atom. The zero-order chi connectivity index (χ0) is 16.0. The van der Waals surface area contributed by atoms with Crippen molar-refractivity contribution in [2.24, 2.45) is 5.73 Å². The fraction of sp³-hybridized carbons (Fsp3) is 0.308. The molecule has 0 rings (SSSR count). The normalized spacial score (nSPS) is 7.40. The monoisotopic (exact) mass is 292 g/mol. The van der Waals surface area contributed by atoms with Gasteiger partial charge in [0, 0.05) is 11.6 Å². The van der Waals surface area contributed by atoms with Crippen LogP contribution < -0.4 is 45.7 Å². The minimum absolute atomic E-state index is 0. The Kier molecular flexibility index (Phi) is 23.8. The fourth-order valence-corrected chi connectivity index (χ4v) is 0.385. The smallest absolute Gasteiger partial charge is 0.545 e. The number of hydrogen-bond donors (Lipinski definition) is 2. The molecule has 0 atom stereocenters. The van der Waals surface area contributed by atoms with Crippen molar-refractivity contribution in [3.63, 3.8) is 0 Å². The third kappa shape index (κ3) is 36.0. The molecule has 3 N–H and O–H groups in total. The Labute approximate surface area is 142 Å². The number of hydrogen-bond acceptors (Lipinski definition) is 4. The first-order valence-electron chi connectivity index (χ1n) is 5.30. The number of carboxylic acid groups (broad SMARTS) is 1. The van der Waals surface area contributed by atoms with Crippen molar-refractivity contribution >= 4 is 17.8 Å². The van der Waals surface area contributed by atoms with Crippen molar-refractivity contribution in [2.45, 2.75) is 26.8 Å². The summed E-state index contributed by atoms with van der Waals surface area (Å²) >= 11 is 0. The minimum Gasteiger partial charge on any atom is -0.545 e. The molecule has 0 bridgehead atoms. The molecule has 0 saturated carbocycles. The molecule has 0 aliphatic rings. The summed E-state index contributed by atoms with van der Waals surface area (Å²) in [7, 11) is 0. The van der Waals surface area contributed by atoms with E-state index < -0.39 is 11.9 Å². The molecule has 0 saturated heterocycles. The van der Waals surface area contributed by atoms with E-state index in [1.54, 1.807) is 6.92 Å². The van der Waals surface area contributed by atoms with Gasteiger partial charge >= 0.3 is 29.6 Å². The maximum Gasteiger partial charge on any atom is 1.00 e. The molecule has 20 heavy (non-hydrogen) atoms. The summed E-state index contributed by atoms with van der Waals surface area (Å²) in [6, 6.07) is 0.203. The Bertz CT molecular complexity index is 334. The van der Waals surface area contributed by atoms with Crippen LogP contribution in [0, 0.1) is 0 Å². The molecule has 0 aromatic heterocycles. The second-order valence-electron chi connectivity index (χ2n) is 3.54. The number of nitrogens with one attached hydrogen (secondary N) is 1. The second-order valence-corrected chi connectivity index (χ2v) is 3.54. The molecule has 0 radical (unpaired) electrons. The van der Waals surface area contributed by atoms with E-state index in [0.717, 1.165) is 12.2 Å². The van der Waals surface area contributed by atoms with Gasteiger partial charge in [-0.15, -0.1) is 0 Å². The molecule has 0 spiro atoms. The van der Waals surface area contributed by atoms with Gasteiger partial charge in [-0.25, -0.2) is 0 Å². The minimum atomic E-state index is -1.23. The van der Waals surface area contributed by atoms with E-state index in [9.17, 15) is 9.59 Å². The van der Waals surface area contributed by atoms with E-state index in [1.165, 1.54) is 0 Å². The number of carbonyl (C=O) groups excluding carboxylic acids is 3. The number of amides is 2. The molecule has 0 aliphatic carbocycles. The maximum atomic E-state index is 10.7. The average Bonchev–Trinajstić information content (AvgIpc) is 2.29. The van der Waals surface area contributed by atoms with Crippen LogP contribution in [0.3, 0.4) is 0 Å². The van der Waals surface area contributed by atoms with Crippen molar-refractivity contribution in [1.29, 1.82) is 0 Å². The van der Waals surface area contributed by atoms with E-state index in [0.29, 0.717) is 5.57 Å².